The molecule has 0 radical (unpaired) electrons. The van der Waals surface area contributed by atoms with E-state index >= 15 is 0 Å². The van der Waals surface area contributed by atoms with Gasteiger partial charge in [0.25, 0.3) is 0 Å². The van der Waals surface area contributed by atoms with E-state index in [-0.39, 0.29) is 5.82 Å². The van der Waals surface area contributed by atoms with Crippen molar-refractivity contribution in [2.45, 2.75) is 32.0 Å². The maximum absolute atomic E-state index is 13.3. The molecule has 3 aromatic heterocycles. The van der Waals surface area contributed by atoms with Gasteiger partial charge in [-0.1, -0.05) is 12.1 Å². The zero-order valence-electron chi connectivity index (χ0n) is 20.2. The Balaban J connectivity index is 1.49. The lowest BCUT2D eigenvalue weighted by Crippen LogP contribution is -2.47. The van der Waals surface area contributed by atoms with Crippen LogP contribution in [0, 0.1) is 0 Å². The predicted octanol–water partition coefficient (Wildman–Crippen LogP) is 4.53. The van der Waals surface area contributed by atoms with Crippen molar-refractivity contribution < 1.29 is 18.0 Å². The Labute approximate surface area is 211 Å². The number of alkyl halides is 3. The van der Waals surface area contributed by atoms with Gasteiger partial charge in [-0.2, -0.15) is 13.2 Å². The molecule has 37 heavy (non-hydrogen) atoms. The van der Waals surface area contributed by atoms with Crippen LogP contribution < -0.4 is 15.5 Å². The standard InChI is InChI=1S/C26H26F3N7O/c1-16(24(30)37)36(15-26(27,28)29)23-14-31-13-22(34-23)21-12-33-25-20(21)10-18(11-32-25)17-4-6-19(7-5-17)35-8-2-3-9-35/h4-7,10-14,16H,2-3,8-9,15H2,1H3,(H2,30,37)(H,32,33)/t16-/m1/s1. The second-order valence-electron chi connectivity index (χ2n) is 9.15. The maximum Gasteiger partial charge on any atom is 0.406 e. The van der Waals surface area contributed by atoms with Crippen LogP contribution in [0.15, 0.2) is 55.1 Å². The summed E-state index contributed by atoms with van der Waals surface area (Å²) in [6, 6.07) is 9.06. The van der Waals surface area contributed by atoms with Crippen molar-refractivity contribution in [3.8, 4) is 22.4 Å². The number of H-pyrrole nitrogens is 1. The van der Waals surface area contributed by atoms with Crippen LogP contribution in [-0.4, -0.2) is 57.7 Å². The average Bonchev–Trinajstić information content (AvgIpc) is 3.56. The van der Waals surface area contributed by atoms with Crippen LogP contribution in [0.25, 0.3) is 33.4 Å². The molecule has 1 atom stereocenters. The Kier molecular flexibility index (Phi) is 6.45. The second kappa shape index (κ2) is 9.72. The molecule has 4 aromatic rings. The van der Waals surface area contributed by atoms with Crippen LogP contribution in [0.2, 0.25) is 0 Å². The van der Waals surface area contributed by atoms with E-state index in [4.69, 9.17) is 5.73 Å². The minimum Gasteiger partial charge on any atom is -0.372 e. The molecule has 3 N–H and O–H groups in total. The highest BCUT2D eigenvalue weighted by atomic mass is 19.4. The summed E-state index contributed by atoms with van der Waals surface area (Å²) >= 11 is 0. The topological polar surface area (TPSA) is 104 Å². The number of benzene rings is 1. The van der Waals surface area contributed by atoms with E-state index in [0.29, 0.717) is 16.9 Å². The first-order chi connectivity index (χ1) is 17.7. The summed E-state index contributed by atoms with van der Waals surface area (Å²) < 4.78 is 39.8. The van der Waals surface area contributed by atoms with Crippen molar-refractivity contribution >= 4 is 28.4 Å². The van der Waals surface area contributed by atoms with Crippen molar-refractivity contribution in [3.05, 3.63) is 55.1 Å². The first kappa shape index (κ1) is 24.5. The van der Waals surface area contributed by atoms with Crippen LogP contribution in [-0.2, 0) is 4.79 Å². The van der Waals surface area contributed by atoms with E-state index in [2.05, 4.69) is 49.1 Å². The SMILES string of the molecule is C[C@H](C(N)=O)N(CC(F)(F)F)c1cncc(-c2c[nH]c3ncc(-c4ccc(N5CCCC5)cc4)cc23)n1. The number of primary amides is 1. The monoisotopic (exact) mass is 509 g/mol. The summed E-state index contributed by atoms with van der Waals surface area (Å²) in [6.45, 7) is 2.05. The highest BCUT2D eigenvalue weighted by Crippen LogP contribution is 2.32. The van der Waals surface area contributed by atoms with Crippen molar-refractivity contribution in [3.63, 3.8) is 0 Å². The van der Waals surface area contributed by atoms with Gasteiger partial charge >= 0.3 is 6.18 Å². The number of carbonyl (C=O) groups is 1. The third kappa shape index (κ3) is 5.20. The number of hydrogen-bond donors (Lipinski definition) is 2. The van der Waals surface area contributed by atoms with Crippen LogP contribution >= 0.6 is 0 Å². The van der Waals surface area contributed by atoms with Gasteiger partial charge in [0.15, 0.2) is 0 Å². The maximum atomic E-state index is 13.3. The molecule has 1 aliphatic heterocycles. The highest BCUT2D eigenvalue weighted by molar-refractivity contribution is 5.95. The molecule has 1 amide bonds. The summed E-state index contributed by atoms with van der Waals surface area (Å²) in [7, 11) is 0. The zero-order valence-corrected chi connectivity index (χ0v) is 20.2. The molecule has 0 saturated carbocycles. The number of carbonyl (C=O) groups excluding carboxylic acids is 1. The number of nitrogens with one attached hydrogen (secondary N) is 1. The van der Waals surface area contributed by atoms with Gasteiger partial charge in [-0.3, -0.25) is 9.78 Å². The number of anilines is 2. The minimum atomic E-state index is -4.56. The van der Waals surface area contributed by atoms with Crippen LogP contribution in [0.5, 0.6) is 0 Å². The van der Waals surface area contributed by atoms with Gasteiger partial charge in [0.1, 0.15) is 24.1 Å². The fraction of sp³-hybridized carbons (Fsp3) is 0.308. The van der Waals surface area contributed by atoms with E-state index in [9.17, 15) is 18.0 Å². The number of halogens is 3. The molecule has 0 spiro atoms. The van der Waals surface area contributed by atoms with Gasteiger partial charge in [0.2, 0.25) is 5.91 Å². The van der Waals surface area contributed by atoms with Crippen LogP contribution in [0.3, 0.4) is 0 Å². The highest BCUT2D eigenvalue weighted by Gasteiger charge is 2.35. The Morgan fingerprint density at radius 2 is 1.86 bits per heavy atom. The van der Waals surface area contributed by atoms with Crippen LogP contribution in [0.1, 0.15) is 19.8 Å². The summed E-state index contributed by atoms with van der Waals surface area (Å²) in [5.41, 5.74) is 9.97. The zero-order chi connectivity index (χ0) is 26.2. The van der Waals surface area contributed by atoms with Gasteiger partial charge in [-0.15, -0.1) is 0 Å². The molecule has 0 bridgehead atoms. The number of nitrogens with two attached hydrogens (primary N) is 1. The number of hydrogen-bond acceptors (Lipinski definition) is 6. The number of aromatic amines is 1. The predicted molar refractivity (Wildman–Crippen MR) is 136 cm³/mol. The Hall–Kier alpha value is -4.15. The van der Waals surface area contributed by atoms with Crippen molar-refractivity contribution in [2.24, 2.45) is 5.73 Å². The number of rotatable bonds is 7. The normalized spacial score (nSPS) is 14.8. The van der Waals surface area contributed by atoms with E-state index in [1.807, 2.05) is 6.07 Å². The number of pyridine rings is 1. The fourth-order valence-electron chi connectivity index (χ4n) is 4.60. The van der Waals surface area contributed by atoms with Crippen molar-refractivity contribution in [1.82, 2.24) is 19.9 Å². The first-order valence-corrected chi connectivity index (χ1v) is 12.0. The number of amides is 1. The lowest BCUT2D eigenvalue weighted by Gasteiger charge is -2.29. The quantitative estimate of drug-likeness (QED) is 0.379. The summed E-state index contributed by atoms with van der Waals surface area (Å²) in [5.74, 6) is -0.995. The summed E-state index contributed by atoms with van der Waals surface area (Å²) in [5, 5.41) is 0.748. The van der Waals surface area contributed by atoms with Gasteiger partial charge in [0.05, 0.1) is 18.1 Å². The van der Waals surface area contributed by atoms with Gasteiger partial charge in [0, 0.05) is 47.7 Å². The van der Waals surface area contributed by atoms with E-state index < -0.39 is 24.7 Å². The molecule has 1 aromatic carbocycles. The molecular formula is C26H26F3N7O. The molecular weight excluding hydrogens is 483 g/mol. The Morgan fingerprint density at radius 1 is 1.14 bits per heavy atom. The smallest absolute Gasteiger partial charge is 0.372 e. The molecule has 1 saturated heterocycles. The van der Waals surface area contributed by atoms with Crippen molar-refractivity contribution in [1.29, 1.82) is 0 Å². The number of aromatic nitrogens is 4. The van der Waals surface area contributed by atoms with Crippen LogP contribution in [0.4, 0.5) is 24.7 Å². The number of nitrogens with zero attached hydrogens (tertiary/aromatic N) is 5. The number of fused-ring (bicyclic) bond motifs is 1. The molecule has 0 aliphatic carbocycles. The fourth-order valence-corrected chi connectivity index (χ4v) is 4.60. The lowest BCUT2D eigenvalue weighted by atomic mass is 10.0. The van der Waals surface area contributed by atoms with Crippen molar-refractivity contribution in [2.75, 3.05) is 29.4 Å². The van der Waals surface area contributed by atoms with Gasteiger partial charge in [-0.05, 0) is 43.5 Å². The van der Waals surface area contributed by atoms with Gasteiger partial charge < -0.3 is 20.5 Å². The third-order valence-corrected chi connectivity index (χ3v) is 6.62. The lowest BCUT2D eigenvalue weighted by molar-refractivity contribution is -0.125. The molecule has 8 nitrogen and oxygen atoms in total. The molecule has 5 rings (SSSR count). The van der Waals surface area contributed by atoms with E-state index in [0.717, 1.165) is 34.5 Å². The molecule has 11 heteroatoms. The average molecular weight is 510 g/mol. The Bertz CT molecular complexity index is 1410. The Morgan fingerprint density at radius 3 is 2.54 bits per heavy atom. The van der Waals surface area contributed by atoms with E-state index in [1.54, 1.807) is 12.4 Å². The molecule has 192 valence electrons. The molecule has 1 fully saturated rings. The first-order valence-electron chi connectivity index (χ1n) is 12.0. The minimum absolute atomic E-state index is 0.0999. The molecule has 1 aliphatic rings. The third-order valence-electron chi connectivity index (χ3n) is 6.62. The summed E-state index contributed by atoms with van der Waals surface area (Å²) in [4.78, 5) is 31.0. The summed E-state index contributed by atoms with van der Waals surface area (Å²) in [6.07, 6.45) is 3.97. The second-order valence-corrected chi connectivity index (χ2v) is 9.15. The largest absolute Gasteiger partial charge is 0.406 e. The van der Waals surface area contributed by atoms with Gasteiger partial charge in [-0.25, -0.2) is 9.97 Å². The van der Waals surface area contributed by atoms with E-state index in [1.165, 1.54) is 37.8 Å². The molecule has 0 unspecified atom stereocenters. The molecule has 4 heterocycles.